The van der Waals surface area contributed by atoms with Crippen molar-refractivity contribution < 1.29 is 9.53 Å². The monoisotopic (exact) mass is 360 g/mol. The van der Waals surface area contributed by atoms with Crippen LogP contribution in [0, 0.1) is 12.8 Å². The van der Waals surface area contributed by atoms with Gasteiger partial charge in [0.1, 0.15) is 6.33 Å². The van der Waals surface area contributed by atoms with E-state index in [0.29, 0.717) is 24.1 Å². The lowest BCUT2D eigenvalue weighted by molar-refractivity contribution is -0.118. The minimum absolute atomic E-state index is 0.00523. The van der Waals surface area contributed by atoms with Gasteiger partial charge in [0.2, 0.25) is 5.91 Å². The Labute approximate surface area is 152 Å². The van der Waals surface area contributed by atoms with Crippen LogP contribution in [-0.2, 0) is 9.53 Å². The van der Waals surface area contributed by atoms with Crippen LogP contribution in [0.4, 0.5) is 0 Å². The van der Waals surface area contributed by atoms with Crippen molar-refractivity contribution in [3.8, 4) is 5.69 Å². The van der Waals surface area contributed by atoms with Crippen molar-refractivity contribution in [2.24, 2.45) is 5.92 Å². The lowest BCUT2D eigenvalue weighted by atomic mass is 10.2. The molecule has 2 aromatic rings. The number of carbonyl (C=O) groups excluding carboxylic acids is 1. The Bertz CT molecular complexity index is 683. The van der Waals surface area contributed by atoms with Gasteiger partial charge in [0.05, 0.1) is 5.75 Å². The van der Waals surface area contributed by atoms with E-state index in [9.17, 15) is 4.79 Å². The molecule has 0 aliphatic heterocycles. The first-order chi connectivity index (χ1) is 12.2. The predicted molar refractivity (Wildman–Crippen MR) is 98.0 cm³/mol. The fourth-order valence-corrected chi connectivity index (χ4v) is 3.08. The molecule has 0 unspecified atom stereocenters. The predicted octanol–water partition coefficient (Wildman–Crippen LogP) is 2.60. The molecule has 7 heteroatoms. The summed E-state index contributed by atoms with van der Waals surface area (Å²) in [5, 5.41) is 11.7. The summed E-state index contributed by atoms with van der Waals surface area (Å²) in [5.74, 6) is 1.12. The first-order valence-corrected chi connectivity index (χ1v) is 9.65. The zero-order valence-corrected chi connectivity index (χ0v) is 15.3. The fourth-order valence-electron chi connectivity index (χ4n) is 2.32. The number of thioether (sulfide) groups is 1. The fraction of sp³-hybridized carbons (Fsp3) is 0.500. The number of aryl methyl sites for hydroxylation is 1. The maximum atomic E-state index is 12.0. The summed E-state index contributed by atoms with van der Waals surface area (Å²) in [5.41, 5.74) is 2.19. The molecule has 1 fully saturated rings. The molecular formula is C18H24N4O2S. The number of rotatable bonds is 10. The summed E-state index contributed by atoms with van der Waals surface area (Å²) in [4.78, 5) is 12.0. The van der Waals surface area contributed by atoms with Crippen LogP contribution in [0.1, 0.15) is 24.8 Å². The SMILES string of the molecule is Cc1ccc(-n2cnnc2SCC(=O)NCCCOCC2CC2)cc1. The molecule has 1 aliphatic carbocycles. The second-order valence-corrected chi connectivity index (χ2v) is 7.27. The lowest BCUT2D eigenvalue weighted by Crippen LogP contribution is -2.27. The van der Waals surface area contributed by atoms with E-state index in [1.54, 1.807) is 6.33 Å². The highest BCUT2D eigenvalue weighted by Crippen LogP contribution is 2.28. The van der Waals surface area contributed by atoms with E-state index in [0.717, 1.165) is 24.6 Å². The molecule has 0 bridgehead atoms. The van der Waals surface area contributed by atoms with E-state index >= 15 is 0 Å². The van der Waals surface area contributed by atoms with Gasteiger partial charge >= 0.3 is 0 Å². The minimum atomic E-state index is 0.00523. The second kappa shape index (κ2) is 9.01. The number of nitrogens with zero attached hydrogens (tertiary/aromatic N) is 3. The molecule has 25 heavy (non-hydrogen) atoms. The van der Waals surface area contributed by atoms with E-state index in [2.05, 4.69) is 15.5 Å². The molecule has 0 spiro atoms. The number of ether oxygens (including phenoxy) is 1. The molecule has 1 heterocycles. The summed E-state index contributed by atoms with van der Waals surface area (Å²) < 4.78 is 7.45. The third-order valence-corrected chi connectivity index (χ3v) is 4.94. The van der Waals surface area contributed by atoms with Gasteiger partial charge in [0, 0.05) is 25.4 Å². The maximum absolute atomic E-state index is 12.0. The van der Waals surface area contributed by atoms with E-state index in [-0.39, 0.29) is 5.91 Å². The van der Waals surface area contributed by atoms with Crippen molar-refractivity contribution in [2.45, 2.75) is 31.3 Å². The van der Waals surface area contributed by atoms with Crippen LogP contribution in [-0.4, -0.2) is 46.2 Å². The third-order valence-electron chi connectivity index (χ3n) is 4.00. The van der Waals surface area contributed by atoms with Gasteiger partial charge in [-0.2, -0.15) is 0 Å². The van der Waals surface area contributed by atoms with Crippen LogP contribution < -0.4 is 5.32 Å². The van der Waals surface area contributed by atoms with Crippen LogP contribution in [0.15, 0.2) is 35.7 Å². The maximum Gasteiger partial charge on any atom is 0.230 e. The summed E-state index contributed by atoms with van der Waals surface area (Å²) in [7, 11) is 0. The molecule has 1 aromatic carbocycles. The minimum Gasteiger partial charge on any atom is -0.381 e. The molecule has 6 nitrogen and oxygen atoms in total. The summed E-state index contributed by atoms with van der Waals surface area (Å²) in [6, 6.07) is 8.12. The lowest BCUT2D eigenvalue weighted by Gasteiger charge is -2.07. The normalized spacial score (nSPS) is 13.8. The summed E-state index contributed by atoms with van der Waals surface area (Å²) in [6.07, 6.45) is 5.13. The van der Waals surface area contributed by atoms with Gasteiger partial charge in [-0.05, 0) is 44.2 Å². The highest BCUT2D eigenvalue weighted by molar-refractivity contribution is 7.99. The van der Waals surface area contributed by atoms with Crippen molar-refractivity contribution in [2.75, 3.05) is 25.5 Å². The van der Waals surface area contributed by atoms with E-state index in [4.69, 9.17) is 4.74 Å². The van der Waals surface area contributed by atoms with Crippen molar-refractivity contribution >= 4 is 17.7 Å². The van der Waals surface area contributed by atoms with Crippen LogP contribution in [0.25, 0.3) is 5.69 Å². The van der Waals surface area contributed by atoms with Gasteiger partial charge < -0.3 is 10.1 Å². The Morgan fingerprint density at radius 2 is 2.16 bits per heavy atom. The number of aromatic nitrogens is 3. The standard InChI is InChI=1S/C18H24N4O2S/c1-14-3-7-16(8-4-14)22-13-20-21-18(22)25-12-17(23)19-9-2-10-24-11-15-5-6-15/h3-4,7-8,13,15H,2,5-6,9-12H2,1H3,(H,19,23). The molecule has 1 aromatic heterocycles. The number of carbonyl (C=O) groups is 1. The number of benzene rings is 1. The van der Waals surface area contributed by atoms with Crippen LogP contribution in [0.5, 0.6) is 0 Å². The number of hydrogen-bond acceptors (Lipinski definition) is 5. The average molecular weight is 360 g/mol. The molecule has 1 amide bonds. The van der Waals surface area contributed by atoms with Crippen LogP contribution in [0.2, 0.25) is 0 Å². The number of amides is 1. The first kappa shape index (κ1) is 17.9. The Morgan fingerprint density at radius 1 is 1.36 bits per heavy atom. The molecule has 0 atom stereocenters. The summed E-state index contributed by atoms with van der Waals surface area (Å²) >= 11 is 1.39. The smallest absolute Gasteiger partial charge is 0.230 e. The van der Waals surface area contributed by atoms with E-state index in [1.165, 1.54) is 30.2 Å². The quantitative estimate of drug-likeness (QED) is 0.521. The largest absolute Gasteiger partial charge is 0.381 e. The highest BCUT2D eigenvalue weighted by Gasteiger charge is 2.20. The van der Waals surface area contributed by atoms with Gasteiger partial charge in [0.25, 0.3) is 0 Å². The number of hydrogen-bond donors (Lipinski definition) is 1. The summed E-state index contributed by atoms with van der Waals surface area (Å²) in [6.45, 7) is 4.28. The van der Waals surface area contributed by atoms with Crippen LogP contribution in [0.3, 0.4) is 0 Å². The topological polar surface area (TPSA) is 69.0 Å². The molecule has 134 valence electrons. The molecule has 0 radical (unpaired) electrons. The highest BCUT2D eigenvalue weighted by atomic mass is 32.2. The Hall–Kier alpha value is -1.86. The second-order valence-electron chi connectivity index (χ2n) is 6.33. The van der Waals surface area contributed by atoms with E-state index < -0.39 is 0 Å². The average Bonchev–Trinajstić information content (AvgIpc) is 3.32. The molecule has 3 rings (SSSR count). The Kier molecular flexibility index (Phi) is 6.47. The van der Waals surface area contributed by atoms with Gasteiger partial charge in [-0.3, -0.25) is 9.36 Å². The molecule has 1 aliphatic rings. The van der Waals surface area contributed by atoms with Crippen molar-refractivity contribution in [3.05, 3.63) is 36.2 Å². The molecular weight excluding hydrogens is 336 g/mol. The zero-order chi connectivity index (χ0) is 17.5. The van der Waals surface area contributed by atoms with Crippen LogP contribution >= 0.6 is 11.8 Å². The molecule has 1 N–H and O–H groups in total. The Morgan fingerprint density at radius 3 is 2.92 bits per heavy atom. The molecule has 0 saturated heterocycles. The Balaban J connectivity index is 1.37. The van der Waals surface area contributed by atoms with Crippen molar-refractivity contribution in [1.29, 1.82) is 0 Å². The van der Waals surface area contributed by atoms with Crippen molar-refractivity contribution in [1.82, 2.24) is 20.1 Å². The third kappa shape index (κ3) is 5.86. The molecule has 1 saturated carbocycles. The van der Waals surface area contributed by atoms with Gasteiger partial charge in [-0.15, -0.1) is 10.2 Å². The van der Waals surface area contributed by atoms with E-state index in [1.807, 2.05) is 35.8 Å². The van der Waals surface area contributed by atoms with Crippen molar-refractivity contribution in [3.63, 3.8) is 0 Å². The zero-order valence-electron chi connectivity index (χ0n) is 14.5. The van der Waals surface area contributed by atoms with Gasteiger partial charge in [-0.25, -0.2) is 0 Å². The number of nitrogens with one attached hydrogen (secondary N) is 1. The van der Waals surface area contributed by atoms with Gasteiger partial charge in [-0.1, -0.05) is 29.5 Å². The van der Waals surface area contributed by atoms with Gasteiger partial charge in [0.15, 0.2) is 5.16 Å². The first-order valence-electron chi connectivity index (χ1n) is 8.66.